The monoisotopic (exact) mass is 420 g/mol. The number of nitrogens with zero attached hydrogens (tertiary/aromatic N) is 6. The third kappa shape index (κ3) is 3.13. The van der Waals surface area contributed by atoms with E-state index in [1.807, 2.05) is 38.5 Å². The Hall–Kier alpha value is -2.84. The molecule has 1 aliphatic heterocycles. The molecule has 0 bridgehead atoms. The molecular formula is C23H25FN6O. The molecule has 4 aromatic rings. The number of fused-ring (bicyclic) bond motifs is 2. The summed E-state index contributed by atoms with van der Waals surface area (Å²) in [6.45, 7) is 5.64. The van der Waals surface area contributed by atoms with E-state index in [0.717, 1.165) is 61.4 Å². The summed E-state index contributed by atoms with van der Waals surface area (Å²) < 4.78 is 18.5. The van der Waals surface area contributed by atoms with Crippen LogP contribution in [0.2, 0.25) is 0 Å². The van der Waals surface area contributed by atoms with Gasteiger partial charge in [-0.1, -0.05) is 0 Å². The molecule has 0 atom stereocenters. The predicted molar refractivity (Wildman–Crippen MR) is 114 cm³/mol. The van der Waals surface area contributed by atoms with Gasteiger partial charge in [-0.2, -0.15) is 5.10 Å². The Balaban J connectivity index is 1.33. The predicted octanol–water partition coefficient (Wildman–Crippen LogP) is 3.46. The highest BCUT2D eigenvalue weighted by Crippen LogP contribution is 2.42. The third-order valence-corrected chi connectivity index (χ3v) is 6.75. The van der Waals surface area contributed by atoms with Gasteiger partial charge in [-0.25, -0.2) is 18.9 Å². The molecule has 1 saturated heterocycles. The number of hydrogen-bond acceptors (Lipinski definition) is 5. The first kappa shape index (κ1) is 18.9. The SMILES string of the molecule is Cc1cn2nc(-c3cc(F)c4nc(C5CCN(C6(O)CC6)CC5)cn4c3)cc(C)c2n1. The lowest BCUT2D eigenvalue weighted by Crippen LogP contribution is -2.42. The first-order chi connectivity index (χ1) is 14.9. The number of rotatable bonds is 3. The van der Waals surface area contributed by atoms with Crippen molar-refractivity contribution < 1.29 is 9.50 Å². The van der Waals surface area contributed by atoms with E-state index in [9.17, 15) is 9.50 Å². The zero-order valence-electron chi connectivity index (χ0n) is 17.7. The van der Waals surface area contributed by atoms with Crippen molar-refractivity contribution in [2.45, 2.75) is 51.2 Å². The van der Waals surface area contributed by atoms with Gasteiger partial charge in [-0.3, -0.25) is 4.90 Å². The van der Waals surface area contributed by atoms with Crippen LogP contribution in [0.25, 0.3) is 22.6 Å². The van der Waals surface area contributed by atoms with Crippen LogP contribution >= 0.6 is 0 Å². The molecule has 0 unspecified atom stereocenters. The van der Waals surface area contributed by atoms with Crippen molar-refractivity contribution in [1.29, 1.82) is 0 Å². The largest absolute Gasteiger partial charge is 0.376 e. The van der Waals surface area contributed by atoms with Crippen LogP contribution in [-0.4, -0.2) is 52.8 Å². The van der Waals surface area contributed by atoms with Crippen LogP contribution in [0.15, 0.2) is 30.7 Å². The normalized spacial score (nSPS) is 19.5. The van der Waals surface area contributed by atoms with Crippen molar-refractivity contribution in [2.75, 3.05) is 13.1 Å². The molecule has 160 valence electrons. The lowest BCUT2D eigenvalue weighted by molar-refractivity contribution is -0.0352. The molecule has 0 radical (unpaired) electrons. The van der Waals surface area contributed by atoms with Crippen LogP contribution < -0.4 is 0 Å². The van der Waals surface area contributed by atoms with E-state index < -0.39 is 5.72 Å². The van der Waals surface area contributed by atoms with Gasteiger partial charge < -0.3 is 9.51 Å². The van der Waals surface area contributed by atoms with E-state index in [1.54, 1.807) is 8.92 Å². The lowest BCUT2D eigenvalue weighted by atomic mass is 9.94. The summed E-state index contributed by atoms with van der Waals surface area (Å²) >= 11 is 0. The highest BCUT2D eigenvalue weighted by atomic mass is 19.1. The molecule has 2 fully saturated rings. The fourth-order valence-electron chi connectivity index (χ4n) is 4.82. The van der Waals surface area contributed by atoms with Gasteiger partial charge in [0.1, 0.15) is 5.72 Å². The molecule has 0 spiro atoms. The van der Waals surface area contributed by atoms with Gasteiger partial charge in [0.2, 0.25) is 0 Å². The molecule has 7 nitrogen and oxygen atoms in total. The number of pyridine rings is 1. The van der Waals surface area contributed by atoms with Crippen molar-refractivity contribution in [2.24, 2.45) is 0 Å². The Kier molecular flexibility index (Phi) is 4.01. The van der Waals surface area contributed by atoms with Crippen LogP contribution in [0, 0.1) is 19.7 Å². The van der Waals surface area contributed by atoms with Gasteiger partial charge >= 0.3 is 0 Å². The van der Waals surface area contributed by atoms with Crippen LogP contribution in [-0.2, 0) is 0 Å². The molecule has 1 saturated carbocycles. The molecule has 1 N–H and O–H groups in total. The second kappa shape index (κ2) is 6.58. The third-order valence-electron chi connectivity index (χ3n) is 6.75. The average molecular weight is 420 g/mol. The fraction of sp³-hybridized carbons (Fsp3) is 0.435. The Bertz CT molecular complexity index is 1310. The highest BCUT2D eigenvalue weighted by molar-refractivity contribution is 5.64. The lowest BCUT2D eigenvalue weighted by Gasteiger charge is -2.34. The van der Waals surface area contributed by atoms with Crippen LogP contribution in [0.4, 0.5) is 4.39 Å². The highest BCUT2D eigenvalue weighted by Gasteiger charge is 2.47. The van der Waals surface area contributed by atoms with Crippen molar-refractivity contribution in [3.05, 3.63) is 53.5 Å². The van der Waals surface area contributed by atoms with E-state index in [4.69, 9.17) is 0 Å². The second-order valence-corrected chi connectivity index (χ2v) is 9.08. The Morgan fingerprint density at radius 1 is 1.03 bits per heavy atom. The van der Waals surface area contributed by atoms with Gasteiger partial charge in [0.15, 0.2) is 17.1 Å². The summed E-state index contributed by atoms with van der Waals surface area (Å²) in [6, 6.07) is 3.45. The molecule has 0 amide bonds. The number of hydrogen-bond donors (Lipinski definition) is 1. The van der Waals surface area contributed by atoms with E-state index >= 15 is 0 Å². The Morgan fingerprint density at radius 3 is 2.55 bits per heavy atom. The molecular weight excluding hydrogens is 395 g/mol. The first-order valence-corrected chi connectivity index (χ1v) is 10.9. The Morgan fingerprint density at radius 2 is 1.81 bits per heavy atom. The van der Waals surface area contributed by atoms with Crippen LogP contribution in [0.1, 0.15) is 48.6 Å². The molecule has 1 aliphatic carbocycles. The number of imidazole rings is 2. The topological polar surface area (TPSA) is 71.0 Å². The molecule has 0 aromatic carbocycles. The number of piperidine rings is 1. The zero-order chi connectivity index (χ0) is 21.3. The van der Waals surface area contributed by atoms with Gasteiger partial charge in [0.25, 0.3) is 0 Å². The molecule has 8 heteroatoms. The number of halogens is 1. The molecule has 6 rings (SSSR count). The van der Waals surface area contributed by atoms with Gasteiger partial charge in [-0.05, 0) is 57.2 Å². The summed E-state index contributed by atoms with van der Waals surface area (Å²) in [6.07, 6.45) is 9.32. The number of aromatic nitrogens is 5. The number of likely N-dealkylation sites (tertiary alicyclic amines) is 1. The maximum absolute atomic E-state index is 15.0. The van der Waals surface area contributed by atoms with E-state index in [-0.39, 0.29) is 11.7 Å². The molecule has 4 aromatic heterocycles. The smallest absolute Gasteiger partial charge is 0.173 e. The zero-order valence-corrected chi connectivity index (χ0v) is 17.7. The second-order valence-electron chi connectivity index (χ2n) is 9.08. The van der Waals surface area contributed by atoms with Crippen LogP contribution in [0.3, 0.4) is 0 Å². The molecule has 5 heterocycles. The molecule has 2 aliphatic rings. The van der Waals surface area contributed by atoms with Crippen LogP contribution in [0.5, 0.6) is 0 Å². The number of aliphatic hydroxyl groups is 1. The van der Waals surface area contributed by atoms with E-state index in [1.165, 1.54) is 6.07 Å². The Labute approximate surface area is 179 Å². The number of aryl methyl sites for hydroxylation is 2. The summed E-state index contributed by atoms with van der Waals surface area (Å²) in [4.78, 5) is 11.3. The van der Waals surface area contributed by atoms with Crippen molar-refractivity contribution in [3.8, 4) is 11.3 Å². The van der Waals surface area contributed by atoms with Crippen molar-refractivity contribution in [3.63, 3.8) is 0 Å². The maximum atomic E-state index is 15.0. The maximum Gasteiger partial charge on any atom is 0.173 e. The standard InChI is InChI=1S/C23H25FN6O/c1-14-9-19(27-30-11-15(2)25-21(14)30)17-10-18(24)22-26-20(13-28(22)12-17)16-3-7-29(8-4-16)23(31)5-6-23/h9-13,16,31H,3-8H2,1-2H3. The van der Waals surface area contributed by atoms with Crippen molar-refractivity contribution in [1.82, 2.24) is 28.9 Å². The van der Waals surface area contributed by atoms with Gasteiger partial charge in [0.05, 0.1) is 23.3 Å². The summed E-state index contributed by atoms with van der Waals surface area (Å²) in [5, 5.41) is 15.0. The van der Waals surface area contributed by atoms with E-state index in [0.29, 0.717) is 16.9 Å². The minimum atomic E-state index is -0.565. The summed E-state index contributed by atoms with van der Waals surface area (Å²) in [5.74, 6) is -0.0677. The quantitative estimate of drug-likeness (QED) is 0.550. The van der Waals surface area contributed by atoms with Gasteiger partial charge in [-0.15, -0.1) is 0 Å². The minimum Gasteiger partial charge on any atom is -0.376 e. The minimum absolute atomic E-state index is 0.284. The summed E-state index contributed by atoms with van der Waals surface area (Å²) in [5.41, 5.74) is 4.81. The fourth-order valence-corrected chi connectivity index (χ4v) is 4.82. The summed E-state index contributed by atoms with van der Waals surface area (Å²) in [7, 11) is 0. The van der Waals surface area contributed by atoms with E-state index in [2.05, 4.69) is 20.0 Å². The molecule has 31 heavy (non-hydrogen) atoms. The first-order valence-electron chi connectivity index (χ1n) is 10.9. The van der Waals surface area contributed by atoms with Gasteiger partial charge in [0, 0.05) is 37.0 Å². The van der Waals surface area contributed by atoms with Crippen molar-refractivity contribution >= 4 is 11.3 Å². The average Bonchev–Trinajstić information content (AvgIpc) is 3.18.